The molecule has 1 aromatic carbocycles. The van der Waals surface area contributed by atoms with Gasteiger partial charge in [-0.25, -0.2) is 0 Å². The van der Waals surface area contributed by atoms with Gasteiger partial charge in [-0.2, -0.15) is 0 Å². The Kier molecular flexibility index (Phi) is 4.28. The highest BCUT2D eigenvalue weighted by Crippen LogP contribution is 2.28. The van der Waals surface area contributed by atoms with Crippen molar-refractivity contribution in [3.05, 3.63) is 29.8 Å². The third-order valence-corrected chi connectivity index (χ3v) is 3.49. The summed E-state index contributed by atoms with van der Waals surface area (Å²) in [7, 11) is 0. The van der Waals surface area contributed by atoms with Gasteiger partial charge in [-0.05, 0) is 36.5 Å². The summed E-state index contributed by atoms with van der Waals surface area (Å²) < 4.78 is 6.01. The Morgan fingerprint density at radius 2 is 1.89 bits per heavy atom. The summed E-state index contributed by atoms with van der Waals surface area (Å²) in [5.41, 5.74) is 1.35. The molecule has 1 N–H and O–H groups in total. The van der Waals surface area contributed by atoms with Crippen LogP contribution in [-0.2, 0) is 0 Å². The molecule has 0 radical (unpaired) electrons. The lowest BCUT2D eigenvalue weighted by Crippen LogP contribution is -2.49. The quantitative estimate of drug-likeness (QED) is 0.856. The van der Waals surface area contributed by atoms with Gasteiger partial charge in [-0.15, -0.1) is 0 Å². The Morgan fingerprint density at radius 1 is 1.17 bits per heavy atom. The lowest BCUT2D eigenvalue weighted by molar-refractivity contribution is 0.0814. The van der Waals surface area contributed by atoms with Crippen molar-refractivity contribution in [3.63, 3.8) is 0 Å². The standard InChI is InChI=1S/C16H25NO/c1-11(2)13-6-5-7-15(8-13)18-16-9-14(10-16)17-12(3)4/h5-8,11-12,14,16-17H,9-10H2,1-4H3. The normalized spacial score (nSPS) is 23.2. The van der Waals surface area contributed by atoms with Crippen LogP contribution in [0.2, 0.25) is 0 Å². The van der Waals surface area contributed by atoms with E-state index in [1.807, 2.05) is 0 Å². The van der Waals surface area contributed by atoms with Crippen molar-refractivity contribution in [1.82, 2.24) is 5.32 Å². The van der Waals surface area contributed by atoms with Crippen molar-refractivity contribution in [3.8, 4) is 5.75 Å². The molecule has 1 saturated carbocycles. The molecule has 2 heteroatoms. The molecule has 1 fully saturated rings. The van der Waals surface area contributed by atoms with E-state index in [1.165, 1.54) is 5.56 Å². The summed E-state index contributed by atoms with van der Waals surface area (Å²) in [5.74, 6) is 1.58. The average Bonchev–Trinajstić information content (AvgIpc) is 2.26. The highest BCUT2D eigenvalue weighted by Gasteiger charge is 2.30. The van der Waals surface area contributed by atoms with Gasteiger partial charge >= 0.3 is 0 Å². The fourth-order valence-electron chi connectivity index (χ4n) is 2.41. The predicted octanol–water partition coefficient (Wildman–Crippen LogP) is 3.72. The molecule has 0 atom stereocenters. The minimum Gasteiger partial charge on any atom is -0.490 e. The van der Waals surface area contributed by atoms with Crippen molar-refractivity contribution in [1.29, 1.82) is 0 Å². The molecule has 18 heavy (non-hydrogen) atoms. The summed E-state index contributed by atoms with van der Waals surface area (Å²) in [6.45, 7) is 8.82. The molecule has 0 unspecified atom stereocenters. The second kappa shape index (κ2) is 5.75. The first-order valence-corrected chi connectivity index (χ1v) is 7.07. The van der Waals surface area contributed by atoms with Gasteiger partial charge in [0.25, 0.3) is 0 Å². The molecule has 1 aliphatic carbocycles. The zero-order valence-corrected chi connectivity index (χ0v) is 11.9. The summed E-state index contributed by atoms with van der Waals surface area (Å²) in [6.07, 6.45) is 2.65. The predicted molar refractivity (Wildman–Crippen MR) is 76.2 cm³/mol. The highest BCUT2D eigenvalue weighted by atomic mass is 16.5. The minimum absolute atomic E-state index is 0.392. The molecule has 0 saturated heterocycles. The molecule has 0 amide bonds. The molecule has 0 aromatic heterocycles. The van der Waals surface area contributed by atoms with Gasteiger partial charge in [-0.1, -0.05) is 39.8 Å². The van der Waals surface area contributed by atoms with E-state index in [9.17, 15) is 0 Å². The van der Waals surface area contributed by atoms with E-state index in [4.69, 9.17) is 4.74 Å². The van der Waals surface area contributed by atoms with E-state index in [2.05, 4.69) is 57.3 Å². The maximum atomic E-state index is 6.01. The molecule has 2 nitrogen and oxygen atoms in total. The Balaban J connectivity index is 1.83. The molecule has 0 aliphatic heterocycles. The summed E-state index contributed by atoms with van der Waals surface area (Å²) >= 11 is 0. The van der Waals surface area contributed by atoms with Gasteiger partial charge in [0.05, 0.1) is 0 Å². The van der Waals surface area contributed by atoms with Gasteiger partial charge < -0.3 is 10.1 Å². The number of hydrogen-bond donors (Lipinski definition) is 1. The third-order valence-electron chi connectivity index (χ3n) is 3.49. The number of nitrogens with one attached hydrogen (secondary N) is 1. The average molecular weight is 247 g/mol. The van der Waals surface area contributed by atoms with E-state index < -0.39 is 0 Å². The fraction of sp³-hybridized carbons (Fsp3) is 0.625. The molecule has 0 heterocycles. The van der Waals surface area contributed by atoms with E-state index in [-0.39, 0.29) is 0 Å². The SMILES string of the molecule is CC(C)NC1CC(Oc2cccc(C(C)C)c2)C1. The van der Waals surface area contributed by atoms with Gasteiger partial charge in [-0.3, -0.25) is 0 Å². The summed E-state index contributed by atoms with van der Waals surface area (Å²) in [4.78, 5) is 0. The van der Waals surface area contributed by atoms with E-state index in [1.54, 1.807) is 0 Å². The Bertz CT molecular complexity index is 380. The van der Waals surface area contributed by atoms with Crippen LogP contribution in [0.4, 0.5) is 0 Å². The van der Waals surface area contributed by atoms with Crippen LogP contribution in [0.15, 0.2) is 24.3 Å². The number of benzene rings is 1. The van der Waals surface area contributed by atoms with Gasteiger partial charge in [0.15, 0.2) is 0 Å². The zero-order chi connectivity index (χ0) is 13.1. The highest BCUT2D eigenvalue weighted by molar-refractivity contribution is 5.30. The zero-order valence-electron chi connectivity index (χ0n) is 11.9. The van der Waals surface area contributed by atoms with E-state index in [0.29, 0.717) is 24.1 Å². The summed E-state index contributed by atoms with van der Waals surface area (Å²) in [5, 5.41) is 3.54. The Hall–Kier alpha value is -1.02. The molecule has 0 bridgehead atoms. The van der Waals surface area contributed by atoms with Gasteiger partial charge in [0.1, 0.15) is 11.9 Å². The van der Waals surface area contributed by atoms with Crippen molar-refractivity contribution >= 4 is 0 Å². The second-order valence-electron chi connectivity index (χ2n) is 5.96. The molecular formula is C16H25NO. The lowest BCUT2D eigenvalue weighted by Gasteiger charge is -2.37. The monoisotopic (exact) mass is 247 g/mol. The van der Waals surface area contributed by atoms with Crippen LogP contribution in [0.25, 0.3) is 0 Å². The number of hydrogen-bond acceptors (Lipinski definition) is 2. The van der Waals surface area contributed by atoms with Crippen molar-refractivity contribution in [2.75, 3.05) is 0 Å². The Morgan fingerprint density at radius 3 is 2.50 bits per heavy atom. The number of rotatable bonds is 5. The van der Waals surface area contributed by atoms with Crippen LogP contribution in [0, 0.1) is 0 Å². The maximum absolute atomic E-state index is 6.01. The van der Waals surface area contributed by atoms with Crippen LogP contribution in [-0.4, -0.2) is 18.2 Å². The first-order valence-electron chi connectivity index (χ1n) is 7.07. The largest absolute Gasteiger partial charge is 0.490 e. The number of ether oxygens (including phenoxy) is 1. The first-order chi connectivity index (χ1) is 8.54. The smallest absolute Gasteiger partial charge is 0.120 e. The topological polar surface area (TPSA) is 21.3 Å². The molecule has 1 aromatic rings. The minimum atomic E-state index is 0.392. The van der Waals surface area contributed by atoms with Crippen LogP contribution >= 0.6 is 0 Å². The molecular weight excluding hydrogens is 222 g/mol. The van der Waals surface area contributed by atoms with Crippen LogP contribution in [0.3, 0.4) is 0 Å². The molecule has 1 aliphatic rings. The second-order valence-corrected chi connectivity index (χ2v) is 5.96. The molecule has 100 valence electrons. The fourth-order valence-corrected chi connectivity index (χ4v) is 2.41. The summed E-state index contributed by atoms with van der Waals surface area (Å²) in [6, 6.07) is 9.71. The van der Waals surface area contributed by atoms with E-state index >= 15 is 0 Å². The van der Waals surface area contributed by atoms with Crippen LogP contribution in [0.5, 0.6) is 5.75 Å². The third kappa shape index (κ3) is 3.49. The van der Waals surface area contributed by atoms with Gasteiger partial charge in [0, 0.05) is 12.1 Å². The molecule has 2 rings (SSSR count). The lowest BCUT2D eigenvalue weighted by atomic mass is 9.88. The molecule has 0 spiro atoms. The van der Waals surface area contributed by atoms with E-state index in [0.717, 1.165) is 18.6 Å². The maximum Gasteiger partial charge on any atom is 0.120 e. The van der Waals surface area contributed by atoms with Crippen molar-refractivity contribution in [2.45, 2.75) is 64.6 Å². The van der Waals surface area contributed by atoms with Gasteiger partial charge in [0.2, 0.25) is 0 Å². The van der Waals surface area contributed by atoms with Crippen molar-refractivity contribution in [2.24, 2.45) is 0 Å². The van der Waals surface area contributed by atoms with Crippen molar-refractivity contribution < 1.29 is 4.74 Å². The van der Waals surface area contributed by atoms with Crippen LogP contribution in [0.1, 0.15) is 52.0 Å². The van der Waals surface area contributed by atoms with Crippen LogP contribution < -0.4 is 10.1 Å². The Labute approximate surface area is 111 Å². The first kappa shape index (κ1) is 13.4.